The maximum absolute atomic E-state index is 5.54. The van der Waals surface area contributed by atoms with Crippen LogP contribution in [0.5, 0.6) is 0 Å². The van der Waals surface area contributed by atoms with Crippen LogP contribution in [0.25, 0.3) is 0 Å². The minimum atomic E-state index is -0.0672. The molecule has 0 amide bonds. The van der Waals surface area contributed by atoms with Crippen LogP contribution in [0.4, 0.5) is 0 Å². The zero-order valence-corrected chi connectivity index (χ0v) is 13.3. The van der Waals surface area contributed by atoms with E-state index in [4.69, 9.17) is 24.4 Å². The highest BCUT2D eigenvalue weighted by molar-refractivity contribution is 7.80. The molecule has 2 atom stereocenters. The Hall–Kier alpha value is -2.18. The fourth-order valence-corrected chi connectivity index (χ4v) is 3.50. The molecule has 0 aromatic heterocycles. The van der Waals surface area contributed by atoms with Crippen LogP contribution in [0.2, 0.25) is 0 Å². The van der Waals surface area contributed by atoms with Gasteiger partial charge in [0, 0.05) is 0 Å². The molecule has 4 rings (SSSR count). The maximum Gasteiger partial charge on any atom is 0.192 e. The average molecular weight is 326 g/mol. The summed E-state index contributed by atoms with van der Waals surface area (Å²) < 4.78 is 0. The lowest BCUT2D eigenvalue weighted by molar-refractivity contribution is 0.114. The van der Waals surface area contributed by atoms with Gasteiger partial charge in [-0.15, -0.1) is 0 Å². The fraction of sp³-hybridized carbons (Fsp3) is 0.125. The van der Waals surface area contributed by atoms with E-state index in [1.54, 1.807) is 0 Å². The Kier molecular flexibility index (Phi) is 3.20. The smallest absolute Gasteiger partial charge is 0.192 e. The Morgan fingerprint density at radius 2 is 1.00 bits per heavy atom. The van der Waals surface area contributed by atoms with E-state index in [0.29, 0.717) is 10.2 Å². The highest BCUT2D eigenvalue weighted by atomic mass is 32.1. The molecular formula is C16H14N4S2. The van der Waals surface area contributed by atoms with Crippen molar-refractivity contribution in [3.63, 3.8) is 0 Å². The monoisotopic (exact) mass is 326 g/mol. The van der Waals surface area contributed by atoms with Crippen molar-refractivity contribution in [1.29, 1.82) is 0 Å². The Labute approximate surface area is 139 Å². The Balaban J connectivity index is 1.71. The fourth-order valence-electron chi connectivity index (χ4n) is 2.89. The van der Waals surface area contributed by atoms with Crippen LogP contribution in [-0.2, 0) is 0 Å². The quantitative estimate of drug-likeness (QED) is 0.825. The lowest BCUT2D eigenvalue weighted by Crippen LogP contribution is -2.36. The molecule has 0 bridgehead atoms. The van der Waals surface area contributed by atoms with Gasteiger partial charge in [-0.1, -0.05) is 60.7 Å². The maximum atomic E-state index is 5.54. The van der Waals surface area contributed by atoms with Crippen molar-refractivity contribution in [3.8, 4) is 0 Å². The second kappa shape index (κ2) is 5.23. The summed E-state index contributed by atoms with van der Waals surface area (Å²) in [5.41, 5.74) is 2.26. The number of fused-ring (bicyclic) bond motifs is 1. The molecule has 2 aromatic rings. The van der Waals surface area contributed by atoms with Crippen LogP contribution in [0.15, 0.2) is 60.7 Å². The van der Waals surface area contributed by atoms with Gasteiger partial charge >= 0.3 is 0 Å². The van der Waals surface area contributed by atoms with E-state index in [1.165, 1.54) is 0 Å². The first-order valence-corrected chi connectivity index (χ1v) is 7.86. The third-order valence-electron chi connectivity index (χ3n) is 3.89. The summed E-state index contributed by atoms with van der Waals surface area (Å²) in [7, 11) is 0. The van der Waals surface area contributed by atoms with Gasteiger partial charge in [0.15, 0.2) is 10.2 Å². The standard InChI is InChI=1S/C16H14N4S2/c21-15-17-13(11-7-3-1-4-8-11)19-16(22)18-14(20(15)19)12-9-5-2-6-10-12/h1-10,13-14H,(H,17,21)(H,18,22)/t13-,14-/m0/s1. The van der Waals surface area contributed by atoms with E-state index >= 15 is 0 Å². The predicted octanol–water partition coefficient (Wildman–Crippen LogP) is 2.68. The lowest BCUT2D eigenvalue weighted by atomic mass is 10.2. The minimum Gasteiger partial charge on any atom is -0.336 e. The predicted molar refractivity (Wildman–Crippen MR) is 93.5 cm³/mol. The van der Waals surface area contributed by atoms with Gasteiger partial charge in [0.1, 0.15) is 12.3 Å². The van der Waals surface area contributed by atoms with Crippen LogP contribution >= 0.6 is 24.4 Å². The third kappa shape index (κ3) is 2.03. The number of nitrogens with zero attached hydrogens (tertiary/aromatic N) is 2. The molecule has 2 aliphatic rings. The summed E-state index contributed by atoms with van der Waals surface area (Å²) in [4.78, 5) is 0. The van der Waals surface area contributed by atoms with Gasteiger partial charge in [0.25, 0.3) is 0 Å². The van der Waals surface area contributed by atoms with Crippen molar-refractivity contribution in [2.45, 2.75) is 12.3 Å². The molecule has 2 aromatic carbocycles. The molecule has 2 aliphatic heterocycles. The van der Waals surface area contributed by atoms with Crippen LogP contribution in [0, 0.1) is 0 Å². The van der Waals surface area contributed by atoms with Crippen LogP contribution < -0.4 is 10.6 Å². The van der Waals surface area contributed by atoms with Gasteiger partial charge < -0.3 is 10.6 Å². The van der Waals surface area contributed by atoms with E-state index < -0.39 is 0 Å². The number of rotatable bonds is 2. The molecule has 2 fully saturated rings. The van der Waals surface area contributed by atoms with Crippen molar-refractivity contribution in [2.75, 3.05) is 0 Å². The normalized spacial score (nSPS) is 23.3. The first-order valence-electron chi connectivity index (χ1n) is 7.05. The molecule has 0 saturated carbocycles. The first kappa shape index (κ1) is 13.5. The summed E-state index contributed by atoms with van der Waals surface area (Å²) in [6.07, 6.45) is -0.134. The molecule has 2 saturated heterocycles. The second-order valence-electron chi connectivity index (χ2n) is 5.21. The van der Waals surface area contributed by atoms with Gasteiger partial charge in [-0.05, 0) is 35.6 Å². The number of benzene rings is 2. The molecule has 22 heavy (non-hydrogen) atoms. The Bertz CT molecular complexity index is 656. The van der Waals surface area contributed by atoms with E-state index in [-0.39, 0.29) is 12.3 Å². The van der Waals surface area contributed by atoms with Crippen molar-refractivity contribution < 1.29 is 0 Å². The van der Waals surface area contributed by atoms with E-state index in [9.17, 15) is 0 Å². The highest BCUT2D eigenvalue weighted by Gasteiger charge is 2.47. The number of hydrogen-bond donors (Lipinski definition) is 2. The SMILES string of the molecule is S=C1N[C@H](c2ccccc2)N2C(=S)N[C@H](c3ccccc3)N12. The lowest BCUT2D eigenvalue weighted by Gasteiger charge is -2.26. The largest absolute Gasteiger partial charge is 0.336 e. The molecule has 110 valence electrons. The van der Waals surface area contributed by atoms with Crippen LogP contribution in [0.1, 0.15) is 23.5 Å². The minimum absolute atomic E-state index is 0.0672. The van der Waals surface area contributed by atoms with Gasteiger partial charge in [-0.2, -0.15) is 0 Å². The second-order valence-corrected chi connectivity index (χ2v) is 5.99. The van der Waals surface area contributed by atoms with Crippen molar-refractivity contribution >= 4 is 34.7 Å². The van der Waals surface area contributed by atoms with Gasteiger partial charge in [-0.25, -0.2) is 10.0 Å². The number of thiocarbonyl (C=S) groups is 2. The molecule has 0 spiro atoms. The molecule has 0 unspecified atom stereocenters. The van der Waals surface area contributed by atoms with E-state index in [2.05, 4.69) is 34.9 Å². The highest BCUT2D eigenvalue weighted by Crippen LogP contribution is 2.36. The molecule has 4 nitrogen and oxygen atoms in total. The zero-order chi connectivity index (χ0) is 15.1. The third-order valence-corrected chi connectivity index (χ3v) is 4.50. The molecular weight excluding hydrogens is 312 g/mol. The van der Waals surface area contributed by atoms with Gasteiger partial charge in [0.05, 0.1) is 0 Å². The Morgan fingerprint density at radius 1 is 0.636 bits per heavy atom. The Morgan fingerprint density at radius 3 is 1.36 bits per heavy atom. The molecule has 0 aliphatic carbocycles. The van der Waals surface area contributed by atoms with Gasteiger partial charge in [-0.3, -0.25) is 0 Å². The van der Waals surface area contributed by atoms with E-state index in [0.717, 1.165) is 11.1 Å². The summed E-state index contributed by atoms with van der Waals surface area (Å²) in [5.74, 6) is 0. The topological polar surface area (TPSA) is 30.5 Å². The van der Waals surface area contributed by atoms with Crippen molar-refractivity contribution in [1.82, 2.24) is 20.7 Å². The van der Waals surface area contributed by atoms with E-state index in [1.807, 2.05) is 46.4 Å². The summed E-state index contributed by atoms with van der Waals surface area (Å²) >= 11 is 11.1. The van der Waals surface area contributed by atoms with Gasteiger partial charge in [0.2, 0.25) is 0 Å². The molecule has 0 radical (unpaired) electrons. The molecule has 2 N–H and O–H groups in total. The van der Waals surface area contributed by atoms with Crippen LogP contribution in [0.3, 0.4) is 0 Å². The average Bonchev–Trinajstić information content (AvgIpc) is 3.09. The summed E-state index contributed by atoms with van der Waals surface area (Å²) in [5, 5.41) is 12.1. The summed E-state index contributed by atoms with van der Waals surface area (Å²) in [6, 6.07) is 20.4. The number of hydrogen-bond acceptors (Lipinski definition) is 2. The van der Waals surface area contributed by atoms with Crippen molar-refractivity contribution in [3.05, 3.63) is 71.8 Å². The summed E-state index contributed by atoms with van der Waals surface area (Å²) in [6.45, 7) is 0. The number of hydrazine groups is 1. The first-order chi connectivity index (χ1) is 10.8. The van der Waals surface area contributed by atoms with Crippen LogP contribution in [-0.4, -0.2) is 20.2 Å². The molecule has 2 heterocycles. The molecule has 6 heteroatoms. The number of nitrogens with one attached hydrogen (secondary N) is 2. The van der Waals surface area contributed by atoms with Crippen molar-refractivity contribution in [2.24, 2.45) is 0 Å². The zero-order valence-electron chi connectivity index (χ0n) is 11.6.